The lowest BCUT2D eigenvalue weighted by molar-refractivity contribution is -0.137. The fraction of sp³-hybridized carbons (Fsp3) is 0.200. The van der Waals surface area contributed by atoms with Crippen LogP contribution >= 0.6 is 0 Å². The summed E-state index contributed by atoms with van der Waals surface area (Å²) in [6.45, 7) is 0.207. The maximum absolute atomic E-state index is 12.7. The van der Waals surface area contributed by atoms with Crippen molar-refractivity contribution < 1.29 is 27.1 Å². The summed E-state index contributed by atoms with van der Waals surface area (Å²) >= 11 is 0. The third kappa shape index (κ3) is 3.71. The molecule has 0 radical (unpaired) electrons. The standard InChI is InChI=1S/C20H15F3N2O3/c21-20(22,23)15-3-1-13(2-4-15)9-25-10-17-18(28-12-19(25)26)6-5-16(24-17)14-7-8-27-11-14/h1-8,11H,9-10,12H2. The van der Waals surface area contributed by atoms with Crippen molar-refractivity contribution in [3.05, 3.63) is 71.8 Å². The minimum atomic E-state index is -4.39. The summed E-state index contributed by atoms with van der Waals surface area (Å²) in [5.74, 6) is 0.248. The topological polar surface area (TPSA) is 55.6 Å². The van der Waals surface area contributed by atoms with Crippen LogP contribution in [0, 0.1) is 0 Å². The summed E-state index contributed by atoms with van der Waals surface area (Å²) in [7, 11) is 0. The van der Waals surface area contributed by atoms with Gasteiger partial charge in [-0.05, 0) is 35.9 Å². The van der Waals surface area contributed by atoms with Crippen LogP contribution in [-0.2, 0) is 24.1 Å². The highest BCUT2D eigenvalue weighted by Gasteiger charge is 2.30. The molecule has 1 aliphatic rings. The Morgan fingerprint density at radius 1 is 1.07 bits per heavy atom. The van der Waals surface area contributed by atoms with Crippen molar-refractivity contribution in [1.82, 2.24) is 9.88 Å². The van der Waals surface area contributed by atoms with Crippen molar-refractivity contribution in [3.8, 4) is 17.0 Å². The molecule has 0 N–H and O–H groups in total. The summed E-state index contributed by atoms with van der Waals surface area (Å²) in [6, 6.07) is 10.1. The Labute approximate surface area is 158 Å². The molecule has 0 fully saturated rings. The van der Waals surface area contributed by atoms with Crippen LogP contribution < -0.4 is 4.74 Å². The van der Waals surface area contributed by atoms with Gasteiger partial charge in [-0.1, -0.05) is 12.1 Å². The molecule has 0 saturated heterocycles. The van der Waals surface area contributed by atoms with Crippen LogP contribution in [0.25, 0.3) is 11.3 Å². The molecule has 0 unspecified atom stereocenters. The van der Waals surface area contributed by atoms with E-state index in [4.69, 9.17) is 9.15 Å². The second-order valence-electron chi connectivity index (χ2n) is 6.39. The lowest BCUT2D eigenvalue weighted by Gasteiger charge is -2.20. The summed E-state index contributed by atoms with van der Waals surface area (Å²) in [5.41, 5.74) is 1.93. The number of hydrogen-bond donors (Lipinski definition) is 0. The van der Waals surface area contributed by atoms with Gasteiger partial charge in [-0.2, -0.15) is 13.2 Å². The van der Waals surface area contributed by atoms with Gasteiger partial charge in [-0.25, -0.2) is 4.98 Å². The van der Waals surface area contributed by atoms with E-state index in [1.165, 1.54) is 17.0 Å². The smallest absolute Gasteiger partial charge is 0.416 e. The first-order valence-electron chi connectivity index (χ1n) is 8.49. The number of halogens is 3. The van der Waals surface area contributed by atoms with E-state index in [1.807, 2.05) is 0 Å². The van der Waals surface area contributed by atoms with E-state index in [1.54, 1.807) is 30.7 Å². The highest BCUT2D eigenvalue weighted by molar-refractivity contribution is 5.78. The fourth-order valence-corrected chi connectivity index (χ4v) is 2.97. The number of carbonyl (C=O) groups is 1. The summed E-state index contributed by atoms with van der Waals surface area (Å²) in [5, 5.41) is 0. The van der Waals surface area contributed by atoms with Crippen molar-refractivity contribution in [2.45, 2.75) is 19.3 Å². The van der Waals surface area contributed by atoms with Crippen LogP contribution in [0.4, 0.5) is 13.2 Å². The molecule has 0 atom stereocenters. The van der Waals surface area contributed by atoms with E-state index in [2.05, 4.69) is 4.98 Å². The minimum absolute atomic E-state index is 0.152. The van der Waals surface area contributed by atoms with Crippen molar-refractivity contribution in [2.75, 3.05) is 6.61 Å². The predicted octanol–water partition coefficient (Wildman–Crippen LogP) is 4.28. The number of ether oxygens (including phenoxy) is 1. The van der Waals surface area contributed by atoms with Crippen molar-refractivity contribution >= 4 is 5.91 Å². The maximum atomic E-state index is 12.7. The second kappa shape index (κ2) is 7.03. The molecular weight excluding hydrogens is 373 g/mol. The molecule has 144 valence electrons. The second-order valence-corrected chi connectivity index (χ2v) is 6.39. The molecule has 2 aromatic heterocycles. The normalized spacial score (nSPS) is 14.4. The van der Waals surface area contributed by atoms with Crippen molar-refractivity contribution in [3.63, 3.8) is 0 Å². The molecule has 1 aliphatic heterocycles. The van der Waals surface area contributed by atoms with Gasteiger partial charge in [0.05, 0.1) is 30.3 Å². The molecule has 0 spiro atoms. The van der Waals surface area contributed by atoms with Gasteiger partial charge < -0.3 is 14.1 Å². The van der Waals surface area contributed by atoms with Gasteiger partial charge in [-0.3, -0.25) is 4.79 Å². The Morgan fingerprint density at radius 2 is 1.86 bits per heavy atom. The number of pyridine rings is 1. The number of aromatic nitrogens is 1. The van der Waals surface area contributed by atoms with Crippen molar-refractivity contribution in [2.24, 2.45) is 0 Å². The molecule has 5 nitrogen and oxygen atoms in total. The van der Waals surface area contributed by atoms with Gasteiger partial charge in [-0.15, -0.1) is 0 Å². The number of rotatable bonds is 3. The van der Waals surface area contributed by atoms with Gasteiger partial charge in [0.2, 0.25) is 0 Å². The quantitative estimate of drug-likeness (QED) is 0.672. The first-order valence-corrected chi connectivity index (χ1v) is 8.49. The first-order chi connectivity index (χ1) is 13.4. The average molecular weight is 388 g/mol. The number of alkyl halides is 3. The monoisotopic (exact) mass is 388 g/mol. The van der Waals surface area contributed by atoms with Gasteiger partial charge in [0.1, 0.15) is 11.4 Å². The Morgan fingerprint density at radius 3 is 2.54 bits per heavy atom. The van der Waals surface area contributed by atoms with Crippen LogP contribution in [0.1, 0.15) is 16.8 Å². The molecule has 3 heterocycles. The third-order valence-electron chi connectivity index (χ3n) is 4.45. The fourth-order valence-electron chi connectivity index (χ4n) is 2.97. The number of benzene rings is 1. The van der Waals surface area contributed by atoms with Crippen LogP contribution in [-0.4, -0.2) is 22.4 Å². The number of hydrogen-bond acceptors (Lipinski definition) is 4. The van der Waals surface area contributed by atoms with Crippen LogP contribution in [0.3, 0.4) is 0 Å². The van der Waals surface area contributed by atoms with Gasteiger partial charge in [0.25, 0.3) is 5.91 Å². The van der Waals surface area contributed by atoms with E-state index in [0.29, 0.717) is 22.7 Å². The maximum Gasteiger partial charge on any atom is 0.416 e. The van der Waals surface area contributed by atoms with E-state index < -0.39 is 11.7 Å². The summed E-state index contributed by atoms with van der Waals surface area (Å²) < 4.78 is 48.8. The molecule has 0 saturated carbocycles. The number of carbonyl (C=O) groups excluding carboxylic acids is 1. The average Bonchev–Trinajstić information content (AvgIpc) is 3.15. The van der Waals surface area contributed by atoms with Crippen LogP contribution in [0.15, 0.2) is 59.4 Å². The highest BCUT2D eigenvalue weighted by atomic mass is 19.4. The molecule has 8 heteroatoms. The van der Waals surface area contributed by atoms with E-state index in [-0.39, 0.29) is 25.6 Å². The van der Waals surface area contributed by atoms with Gasteiger partial charge in [0.15, 0.2) is 6.61 Å². The Balaban J connectivity index is 1.57. The summed E-state index contributed by atoms with van der Waals surface area (Å²) in [6.07, 6.45) is -1.28. The third-order valence-corrected chi connectivity index (χ3v) is 4.45. The number of fused-ring (bicyclic) bond motifs is 1. The minimum Gasteiger partial charge on any atom is -0.482 e. The predicted molar refractivity (Wildman–Crippen MR) is 93.1 cm³/mol. The molecule has 0 aliphatic carbocycles. The first kappa shape index (κ1) is 18.1. The van der Waals surface area contributed by atoms with Gasteiger partial charge in [0, 0.05) is 12.1 Å². The highest BCUT2D eigenvalue weighted by Crippen LogP contribution is 2.30. The lowest BCUT2D eigenvalue weighted by Crippen LogP contribution is -2.32. The van der Waals surface area contributed by atoms with E-state index in [9.17, 15) is 18.0 Å². The molecule has 1 aromatic carbocycles. The Kier molecular flexibility index (Phi) is 4.54. The number of nitrogens with zero attached hydrogens (tertiary/aromatic N) is 2. The molecule has 3 aromatic rings. The zero-order valence-electron chi connectivity index (χ0n) is 14.6. The lowest BCUT2D eigenvalue weighted by atomic mass is 10.1. The van der Waals surface area contributed by atoms with Crippen LogP contribution in [0.5, 0.6) is 5.75 Å². The SMILES string of the molecule is O=C1COc2ccc(-c3ccoc3)nc2CN1Cc1ccc(C(F)(F)F)cc1. The zero-order chi connectivity index (χ0) is 19.7. The number of amides is 1. The van der Waals surface area contributed by atoms with Gasteiger partial charge >= 0.3 is 6.18 Å². The Bertz CT molecular complexity index is 983. The Hall–Kier alpha value is -3.29. The number of furan rings is 1. The zero-order valence-corrected chi connectivity index (χ0v) is 14.6. The van der Waals surface area contributed by atoms with E-state index in [0.717, 1.165) is 17.7 Å². The molecule has 1 amide bonds. The van der Waals surface area contributed by atoms with E-state index >= 15 is 0 Å². The van der Waals surface area contributed by atoms with Crippen LogP contribution in [0.2, 0.25) is 0 Å². The summed E-state index contributed by atoms with van der Waals surface area (Å²) in [4.78, 5) is 18.5. The van der Waals surface area contributed by atoms with Crippen molar-refractivity contribution in [1.29, 1.82) is 0 Å². The molecule has 28 heavy (non-hydrogen) atoms. The largest absolute Gasteiger partial charge is 0.482 e. The molecule has 0 bridgehead atoms. The molecular formula is C20H15F3N2O3. The molecule has 4 rings (SSSR count).